The Balaban J connectivity index is 2.24. The zero-order valence-electron chi connectivity index (χ0n) is 7.14. The van der Waals surface area contributed by atoms with Crippen LogP contribution in [0.1, 0.15) is 26.2 Å². The summed E-state index contributed by atoms with van der Waals surface area (Å²) in [4.78, 5) is 1.56. The zero-order valence-corrected chi connectivity index (χ0v) is 7.14. The number of hydrogen-bond acceptors (Lipinski definition) is 2. The summed E-state index contributed by atoms with van der Waals surface area (Å²) in [7, 11) is 0. The van der Waals surface area contributed by atoms with Crippen LogP contribution in [0, 0.1) is 0 Å². The van der Waals surface area contributed by atoms with Crippen molar-refractivity contribution in [2.24, 2.45) is 5.16 Å². The topological polar surface area (TPSA) is 37.0 Å². The van der Waals surface area contributed by atoms with Crippen LogP contribution >= 0.6 is 0 Å². The van der Waals surface area contributed by atoms with Crippen molar-refractivity contribution >= 4 is 5.71 Å². The van der Waals surface area contributed by atoms with Crippen LogP contribution < -0.4 is 4.90 Å². The molecule has 1 fully saturated rings. The molecule has 0 aromatic carbocycles. The highest BCUT2D eigenvalue weighted by atomic mass is 16.4. The van der Waals surface area contributed by atoms with Gasteiger partial charge < -0.3 is 10.1 Å². The third kappa shape index (κ3) is 2.89. The molecule has 11 heavy (non-hydrogen) atoms. The highest BCUT2D eigenvalue weighted by Crippen LogP contribution is 1.94. The molecule has 0 amide bonds. The molecule has 0 aromatic rings. The van der Waals surface area contributed by atoms with Gasteiger partial charge in [-0.15, -0.1) is 0 Å². The first-order chi connectivity index (χ1) is 5.33. The molecule has 0 atom stereocenters. The molecule has 64 valence electrons. The molecule has 0 spiro atoms. The number of nitrogens with one attached hydrogen (secondary N) is 1. The summed E-state index contributed by atoms with van der Waals surface area (Å²) in [6.45, 7) is 5.28. The number of likely N-dealkylation sites (tertiary alicyclic amines) is 1. The van der Waals surface area contributed by atoms with Gasteiger partial charge in [0.15, 0.2) is 0 Å². The Labute approximate surface area is 67.7 Å². The maximum absolute atomic E-state index is 8.44. The first kappa shape index (κ1) is 8.53. The van der Waals surface area contributed by atoms with Crippen LogP contribution in [0.5, 0.6) is 0 Å². The molecule has 1 heterocycles. The average molecular weight is 157 g/mol. The Hall–Kier alpha value is -0.570. The van der Waals surface area contributed by atoms with Crippen molar-refractivity contribution in [2.75, 3.05) is 19.6 Å². The molecule has 1 rings (SSSR count). The van der Waals surface area contributed by atoms with Gasteiger partial charge in [0.05, 0.1) is 13.1 Å². The highest BCUT2D eigenvalue weighted by molar-refractivity contribution is 5.82. The molecule has 2 N–H and O–H groups in total. The molecule has 0 unspecified atom stereocenters. The number of piperidine rings is 1. The molecule has 3 nitrogen and oxygen atoms in total. The maximum Gasteiger partial charge on any atom is 0.119 e. The van der Waals surface area contributed by atoms with Crippen LogP contribution in [0.25, 0.3) is 0 Å². The van der Waals surface area contributed by atoms with Gasteiger partial charge in [0.2, 0.25) is 0 Å². The van der Waals surface area contributed by atoms with Gasteiger partial charge in [-0.05, 0) is 26.2 Å². The van der Waals surface area contributed by atoms with Crippen LogP contribution in [0.4, 0.5) is 0 Å². The van der Waals surface area contributed by atoms with Crippen LogP contribution in [-0.4, -0.2) is 30.6 Å². The lowest BCUT2D eigenvalue weighted by Gasteiger charge is -2.22. The first-order valence-corrected chi connectivity index (χ1v) is 4.34. The largest absolute Gasteiger partial charge is 0.411 e. The summed E-state index contributed by atoms with van der Waals surface area (Å²) in [6.07, 6.45) is 4.03. The Morgan fingerprint density at radius 1 is 1.36 bits per heavy atom. The molecule has 3 heteroatoms. The van der Waals surface area contributed by atoms with Crippen LogP contribution in [-0.2, 0) is 0 Å². The Kier molecular flexibility index (Phi) is 3.36. The van der Waals surface area contributed by atoms with Crippen molar-refractivity contribution in [1.82, 2.24) is 0 Å². The van der Waals surface area contributed by atoms with E-state index in [1.165, 1.54) is 32.4 Å². The third-order valence-corrected chi connectivity index (χ3v) is 2.24. The summed E-state index contributed by atoms with van der Waals surface area (Å²) in [5.74, 6) is 0. The Bertz CT molecular complexity index is 139. The first-order valence-electron chi connectivity index (χ1n) is 4.34. The summed E-state index contributed by atoms with van der Waals surface area (Å²) < 4.78 is 0. The Morgan fingerprint density at radius 3 is 2.55 bits per heavy atom. The van der Waals surface area contributed by atoms with E-state index >= 15 is 0 Å². The Morgan fingerprint density at radius 2 is 2.00 bits per heavy atom. The summed E-state index contributed by atoms with van der Waals surface area (Å²) >= 11 is 0. The number of quaternary nitrogens is 1. The molecule has 1 aliphatic rings. The SMILES string of the molecule is CC(C[NH+]1CCCCC1)=NO. The molecule has 0 aliphatic carbocycles. The van der Waals surface area contributed by atoms with Crippen LogP contribution in [0.3, 0.4) is 0 Å². The average Bonchev–Trinajstić information content (AvgIpc) is 2.06. The van der Waals surface area contributed by atoms with E-state index < -0.39 is 0 Å². The molecule has 0 saturated carbocycles. The zero-order chi connectivity index (χ0) is 8.10. The van der Waals surface area contributed by atoms with Crippen molar-refractivity contribution in [1.29, 1.82) is 0 Å². The van der Waals surface area contributed by atoms with Crippen molar-refractivity contribution in [3.05, 3.63) is 0 Å². The van der Waals surface area contributed by atoms with E-state index in [4.69, 9.17) is 5.21 Å². The van der Waals surface area contributed by atoms with Gasteiger partial charge in [-0.25, -0.2) is 0 Å². The number of oxime groups is 1. The van der Waals surface area contributed by atoms with Gasteiger partial charge in [-0.3, -0.25) is 0 Å². The fourth-order valence-corrected chi connectivity index (χ4v) is 1.63. The van der Waals surface area contributed by atoms with Gasteiger partial charge in [0, 0.05) is 0 Å². The van der Waals surface area contributed by atoms with Crippen molar-refractivity contribution in [3.8, 4) is 0 Å². The summed E-state index contributed by atoms with van der Waals surface area (Å²) in [5, 5.41) is 11.6. The molecule has 0 aromatic heterocycles. The van der Waals surface area contributed by atoms with Gasteiger partial charge in [0.1, 0.15) is 12.3 Å². The second-order valence-electron chi connectivity index (χ2n) is 3.32. The summed E-state index contributed by atoms with van der Waals surface area (Å²) in [5.41, 5.74) is 0.849. The van der Waals surface area contributed by atoms with Gasteiger partial charge in [0.25, 0.3) is 0 Å². The van der Waals surface area contributed by atoms with E-state index in [1.807, 2.05) is 6.92 Å². The number of hydrogen-bond donors (Lipinski definition) is 2. The van der Waals surface area contributed by atoms with Crippen molar-refractivity contribution in [2.45, 2.75) is 26.2 Å². The fourth-order valence-electron chi connectivity index (χ4n) is 1.63. The second-order valence-corrected chi connectivity index (χ2v) is 3.32. The predicted molar refractivity (Wildman–Crippen MR) is 44.3 cm³/mol. The van der Waals surface area contributed by atoms with E-state index in [0.29, 0.717) is 0 Å². The monoisotopic (exact) mass is 157 g/mol. The van der Waals surface area contributed by atoms with Crippen molar-refractivity contribution < 1.29 is 10.1 Å². The quantitative estimate of drug-likeness (QED) is 0.328. The lowest BCUT2D eigenvalue weighted by atomic mass is 10.1. The number of rotatable bonds is 2. The number of nitrogens with zero attached hydrogens (tertiary/aromatic N) is 1. The van der Waals surface area contributed by atoms with E-state index in [0.717, 1.165) is 12.3 Å². The van der Waals surface area contributed by atoms with E-state index in [2.05, 4.69) is 5.16 Å². The maximum atomic E-state index is 8.44. The lowest BCUT2D eigenvalue weighted by Crippen LogP contribution is -3.13. The van der Waals surface area contributed by atoms with Crippen molar-refractivity contribution in [3.63, 3.8) is 0 Å². The molecule has 0 bridgehead atoms. The minimum atomic E-state index is 0.849. The minimum Gasteiger partial charge on any atom is -0.411 e. The minimum absolute atomic E-state index is 0.849. The van der Waals surface area contributed by atoms with E-state index in [9.17, 15) is 0 Å². The van der Waals surface area contributed by atoms with Gasteiger partial charge in [-0.1, -0.05) is 5.16 Å². The van der Waals surface area contributed by atoms with Crippen LogP contribution in [0.2, 0.25) is 0 Å². The highest BCUT2D eigenvalue weighted by Gasteiger charge is 2.13. The van der Waals surface area contributed by atoms with Gasteiger partial charge in [-0.2, -0.15) is 0 Å². The molecule has 1 aliphatic heterocycles. The van der Waals surface area contributed by atoms with E-state index in [-0.39, 0.29) is 0 Å². The standard InChI is InChI=1S/C8H16N2O/c1-8(9-11)7-10-5-3-2-4-6-10/h11H,2-7H2,1H3/p+1. The normalized spacial score (nSPS) is 22.1. The summed E-state index contributed by atoms with van der Waals surface area (Å²) in [6, 6.07) is 0. The molecule has 1 saturated heterocycles. The molecule has 0 radical (unpaired) electrons. The smallest absolute Gasteiger partial charge is 0.119 e. The lowest BCUT2D eigenvalue weighted by molar-refractivity contribution is -0.895. The predicted octanol–water partition coefficient (Wildman–Crippen LogP) is -0.0947. The molecular weight excluding hydrogens is 140 g/mol. The van der Waals surface area contributed by atoms with Gasteiger partial charge >= 0.3 is 0 Å². The third-order valence-electron chi connectivity index (χ3n) is 2.24. The van der Waals surface area contributed by atoms with Crippen LogP contribution in [0.15, 0.2) is 5.16 Å². The molecular formula is C8H17N2O+. The second kappa shape index (κ2) is 4.34. The van der Waals surface area contributed by atoms with E-state index in [1.54, 1.807) is 4.90 Å². The fraction of sp³-hybridized carbons (Fsp3) is 0.875.